The largest absolute Gasteiger partial charge is 0.460 e. The third-order valence-corrected chi connectivity index (χ3v) is 6.83. The predicted molar refractivity (Wildman–Crippen MR) is 169 cm³/mol. The van der Waals surface area contributed by atoms with Gasteiger partial charge in [-0.25, -0.2) is 14.4 Å². The van der Waals surface area contributed by atoms with Gasteiger partial charge in [0.2, 0.25) is 0 Å². The van der Waals surface area contributed by atoms with Crippen LogP contribution in [0.2, 0.25) is 0 Å². The van der Waals surface area contributed by atoms with Gasteiger partial charge in [-0.1, -0.05) is 84.0 Å². The quantitative estimate of drug-likeness (QED) is 0.0638. The zero-order chi connectivity index (χ0) is 33.1. The Labute approximate surface area is 267 Å². The first-order valence-electron chi connectivity index (χ1n) is 14.8. The number of alkyl carbamates (subject to hydrolysis) is 2. The molecule has 1 aliphatic carbocycles. The zero-order valence-electron chi connectivity index (χ0n) is 26.0. The average molecular weight is 631 g/mol. The minimum atomic E-state index is -1.48. The second-order valence-corrected chi connectivity index (χ2v) is 11.5. The summed E-state index contributed by atoms with van der Waals surface area (Å²) in [5.74, 6) is -2.13. The number of hydrogen-bond acceptors (Lipinski definition) is 9. The van der Waals surface area contributed by atoms with Crippen LogP contribution >= 0.6 is 0 Å². The van der Waals surface area contributed by atoms with E-state index in [0.29, 0.717) is 0 Å². The van der Waals surface area contributed by atoms with Crippen molar-refractivity contribution in [3.8, 4) is 11.1 Å². The first-order valence-corrected chi connectivity index (χ1v) is 14.8. The van der Waals surface area contributed by atoms with Crippen LogP contribution in [0.4, 0.5) is 9.59 Å². The van der Waals surface area contributed by atoms with Gasteiger partial charge < -0.3 is 35.4 Å². The van der Waals surface area contributed by atoms with Gasteiger partial charge in [-0.2, -0.15) is 0 Å². The Morgan fingerprint density at radius 3 is 2.09 bits per heavy atom. The Bertz CT molecular complexity index is 1520. The van der Waals surface area contributed by atoms with E-state index in [2.05, 4.69) is 15.8 Å². The van der Waals surface area contributed by atoms with Crippen LogP contribution in [-0.2, 0) is 35.2 Å². The molecule has 0 aliphatic heterocycles. The molecule has 0 aromatic heterocycles. The van der Waals surface area contributed by atoms with Crippen LogP contribution in [0, 0.1) is 0 Å². The molecular weight excluding hydrogens is 592 g/mol. The number of carbonyl (C=O) groups is 4. The van der Waals surface area contributed by atoms with Gasteiger partial charge in [0, 0.05) is 18.9 Å². The standard InChI is InChI=1S/C34H38N4O8/c1-34(2,3)45-30(39)19-28(31(40)46-38-29(35)17-18-36-32(41)43-20-22-11-5-4-6-12-22)37-33(42)44-21-27-25-15-9-7-13-23(25)24-14-8-10-16-26(24)27/h4-16,27-28H,17-21H2,1-3H3,(H2,35,38)(H,36,41)(H,37,42)/t28-/m1/s1. The second kappa shape index (κ2) is 15.6. The van der Waals surface area contributed by atoms with Crippen molar-refractivity contribution in [2.24, 2.45) is 10.9 Å². The summed E-state index contributed by atoms with van der Waals surface area (Å²) in [6.07, 6.45) is -2.09. The van der Waals surface area contributed by atoms with E-state index in [4.69, 9.17) is 24.8 Å². The summed E-state index contributed by atoms with van der Waals surface area (Å²) in [4.78, 5) is 55.2. The highest BCUT2D eigenvalue weighted by atomic mass is 16.7. The van der Waals surface area contributed by atoms with Crippen molar-refractivity contribution in [3.05, 3.63) is 95.6 Å². The summed E-state index contributed by atoms with van der Waals surface area (Å²) in [5, 5.41) is 8.51. The number of carbonyl (C=O) groups excluding carboxylic acids is 4. The maximum atomic E-state index is 12.9. The molecule has 242 valence electrons. The van der Waals surface area contributed by atoms with Gasteiger partial charge in [-0.3, -0.25) is 4.79 Å². The van der Waals surface area contributed by atoms with Gasteiger partial charge >= 0.3 is 24.1 Å². The smallest absolute Gasteiger partial charge is 0.407 e. The van der Waals surface area contributed by atoms with Crippen LogP contribution < -0.4 is 16.4 Å². The molecule has 2 amide bonds. The third-order valence-electron chi connectivity index (χ3n) is 6.83. The number of ether oxygens (including phenoxy) is 3. The summed E-state index contributed by atoms with van der Waals surface area (Å²) < 4.78 is 16.0. The van der Waals surface area contributed by atoms with Crippen molar-refractivity contribution < 1.29 is 38.2 Å². The number of hydrogen-bond donors (Lipinski definition) is 3. The molecule has 0 fully saturated rings. The summed E-state index contributed by atoms with van der Waals surface area (Å²) in [6.45, 7) is 5.18. The molecule has 0 saturated carbocycles. The van der Waals surface area contributed by atoms with Gasteiger partial charge in [-0.15, -0.1) is 0 Å². The molecular formula is C34H38N4O8. The Hall–Kier alpha value is -5.39. The van der Waals surface area contributed by atoms with E-state index in [1.54, 1.807) is 20.8 Å². The molecule has 3 aromatic rings. The van der Waals surface area contributed by atoms with Crippen LogP contribution in [0.15, 0.2) is 84.0 Å². The third kappa shape index (κ3) is 9.81. The molecule has 0 heterocycles. The Morgan fingerprint density at radius 2 is 1.46 bits per heavy atom. The maximum absolute atomic E-state index is 12.9. The molecule has 4 rings (SSSR count). The molecule has 0 saturated heterocycles. The molecule has 1 atom stereocenters. The predicted octanol–water partition coefficient (Wildman–Crippen LogP) is 4.76. The molecule has 3 aromatic carbocycles. The lowest BCUT2D eigenvalue weighted by molar-refractivity contribution is -0.159. The van der Waals surface area contributed by atoms with Crippen molar-refractivity contribution in [1.29, 1.82) is 0 Å². The topological polar surface area (TPSA) is 168 Å². The summed E-state index contributed by atoms with van der Waals surface area (Å²) in [7, 11) is 0. The van der Waals surface area contributed by atoms with Crippen LogP contribution in [0.1, 0.15) is 56.2 Å². The Kier molecular flexibility index (Phi) is 11.3. The van der Waals surface area contributed by atoms with Gasteiger partial charge in [-0.05, 0) is 48.6 Å². The van der Waals surface area contributed by atoms with Crippen LogP contribution in [-0.4, -0.2) is 54.8 Å². The fraction of sp³-hybridized carbons (Fsp3) is 0.324. The van der Waals surface area contributed by atoms with Gasteiger partial charge in [0.25, 0.3) is 0 Å². The monoisotopic (exact) mass is 630 g/mol. The number of nitrogens with one attached hydrogen (secondary N) is 2. The number of oxime groups is 1. The molecule has 12 nitrogen and oxygen atoms in total. The van der Waals surface area contributed by atoms with Crippen molar-refractivity contribution in [1.82, 2.24) is 10.6 Å². The SMILES string of the molecule is CC(C)(C)OC(=O)C[C@@H](NC(=O)OCC1c2ccccc2-c2ccccc21)C(=O)O/N=C(/N)CCNC(=O)OCc1ccccc1. The number of esters is 1. The fourth-order valence-electron chi connectivity index (χ4n) is 4.81. The van der Waals surface area contributed by atoms with Gasteiger partial charge in [0.05, 0.1) is 6.42 Å². The number of rotatable bonds is 12. The van der Waals surface area contributed by atoms with Crippen LogP contribution in [0.25, 0.3) is 11.1 Å². The normalized spacial score (nSPS) is 13.1. The fourth-order valence-corrected chi connectivity index (χ4v) is 4.81. The molecule has 0 bridgehead atoms. The number of benzene rings is 3. The summed E-state index contributed by atoms with van der Waals surface area (Å²) in [6, 6.07) is 23.4. The minimum absolute atomic E-state index is 0.0000504. The van der Waals surface area contributed by atoms with Crippen molar-refractivity contribution in [2.45, 2.75) is 57.8 Å². The number of amidine groups is 1. The van der Waals surface area contributed by atoms with E-state index in [1.807, 2.05) is 78.9 Å². The highest BCUT2D eigenvalue weighted by molar-refractivity contribution is 5.87. The average Bonchev–Trinajstić information content (AvgIpc) is 3.34. The van der Waals surface area contributed by atoms with E-state index in [1.165, 1.54) is 0 Å². The molecule has 0 unspecified atom stereocenters. The minimum Gasteiger partial charge on any atom is -0.460 e. The second-order valence-electron chi connectivity index (χ2n) is 11.5. The van der Waals surface area contributed by atoms with Crippen LogP contribution in [0.5, 0.6) is 0 Å². The van der Waals surface area contributed by atoms with Gasteiger partial charge in [0.1, 0.15) is 30.7 Å². The highest BCUT2D eigenvalue weighted by Gasteiger charge is 2.32. The van der Waals surface area contributed by atoms with E-state index in [9.17, 15) is 19.2 Å². The summed E-state index contributed by atoms with van der Waals surface area (Å²) in [5.41, 5.74) is 10.0. The first kappa shape index (κ1) is 33.5. The number of nitrogens with zero attached hydrogens (tertiary/aromatic N) is 1. The molecule has 46 heavy (non-hydrogen) atoms. The molecule has 1 aliphatic rings. The summed E-state index contributed by atoms with van der Waals surface area (Å²) >= 11 is 0. The number of amides is 2. The Morgan fingerprint density at radius 1 is 0.848 bits per heavy atom. The highest BCUT2D eigenvalue weighted by Crippen LogP contribution is 2.44. The number of fused-ring (bicyclic) bond motifs is 3. The van der Waals surface area contributed by atoms with Crippen molar-refractivity contribution >= 4 is 30.0 Å². The van der Waals surface area contributed by atoms with E-state index in [-0.39, 0.29) is 37.9 Å². The van der Waals surface area contributed by atoms with E-state index in [0.717, 1.165) is 27.8 Å². The molecule has 12 heteroatoms. The zero-order valence-corrected chi connectivity index (χ0v) is 26.0. The van der Waals surface area contributed by atoms with Crippen molar-refractivity contribution in [3.63, 3.8) is 0 Å². The molecule has 0 spiro atoms. The van der Waals surface area contributed by atoms with E-state index >= 15 is 0 Å². The lowest BCUT2D eigenvalue weighted by Crippen LogP contribution is -2.44. The lowest BCUT2D eigenvalue weighted by Gasteiger charge is -2.22. The lowest BCUT2D eigenvalue weighted by atomic mass is 9.98. The molecule has 0 radical (unpaired) electrons. The van der Waals surface area contributed by atoms with E-state index < -0.39 is 42.2 Å². The van der Waals surface area contributed by atoms with Gasteiger partial charge in [0.15, 0.2) is 0 Å². The number of nitrogens with two attached hydrogens (primary N) is 1. The molecule has 4 N–H and O–H groups in total. The Balaban J connectivity index is 1.31. The maximum Gasteiger partial charge on any atom is 0.407 e. The van der Waals surface area contributed by atoms with Crippen LogP contribution in [0.3, 0.4) is 0 Å². The van der Waals surface area contributed by atoms with Crippen molar-refractivity contribution in [2.75, 3.05) is 13.2 Å². The first-order chi connectivity index (χ1) is 22.0.